The van der Waals surface area contributed by atoms with Gasteiger partial charge in [0.2, 0.25) is 0 Å². The molecule has 0 amide bonds. The van der Waals surface area contributed by atoms with Crippen LogP contribution in [-0.2, 0) is 4.74 Å². The van der Waals surface area contributed by atoms with E-state index in [4.69, 9.17) is 16.3 Å². The zero-order chi connectivity index (χ0) is 9.97. The first-order valence-electron chi connectivity index (χ1n) is 4.57. The number of phenols is 1. The molecule has 1 aromatic rings. The van der Waals surface area contributed by atoms with Crippen LogP contribution in [0, 0.1) is 0 Å². The van der Waals surface area contributed by atoms with E-state index in [0.717, 1.165) is 18.7 Å². The molecule has 0 radical (unpaired) electrons. The predicted octanol–water partition coefficient (Wildman–Crippen LogP) is 1.71. The molecular weight excluding hydrogens is 202 g/mol. The second kappa shape index (κ2) is 4.17. The Labute approximate surface area is 87.6 Å². The minimum atomic E-state index is 0.0439. The lowest BCUT2D eigenvalue weighted by molar-refractivity contribution is 0.0761. The summed E-state index contributed by atoms with van der Waals surface area (Å²) in [4.78, 5) is 0. The van der Waals surface area contributed by atoms with Crippen LogP contribution < -0.4 is 5.32 Å². The number of ether oxygens (including phenoxy) is 1. The molecule has 0 aliphatic carbocycles. The Morgan fingerprint density at radius 2 is 2.36 bits per heavy atom. The Hall–Kier alpha value is -0.770. The maximum atomic E-state index is 9.63. The zero-order valence-corrected chi connectivity index (χ0v) is 8.42. The van der Waals surface area contributed by atoms with Gasteiger partial charge in [-0.05, 0) is 18.2 Å². The number of aromatic hydroxyl groups is 1. The van der Waals surface area contributed by atoms with Crippen LogP contribution >= 0.6 is 11.6 Å². The van der Waals surface area contributed by atoms with Crippen molar-refractivity contribution in [3.05, 3.63) is 28.8 Å². The molecule has 0 saturated carbocycles. The summed E-state index contributed by atoms with van der Waals surface area (Å²) in [6.07, 6.45) is 0. The molecule has 76 valence electrons. The van der Waals surface area contributed by atoms with Crippen LogP contribution in [0.25, 0.3) is 0 Å². The maximum Gasteiger partial charge on any atom is 0.120 e. The third kappa shape index (κ3) is 2.00. The highest BCUT2D eigenvalue weighted by atomic mass is 35.5. The lowest BCUT2D eigenvalue weighted by Crippen LogP contribution is -2.34. The van der Waals surface area contributed by atoms with Crippen LogP contribution in [0.3, 0.4) is 0 Å². The monoisotopic (exact) mass is 213 g/mol. The number of halogens is 1. The summed E-state index contributed by atoms with van der Waals surface area (Å²) in [6.45, 7) is 2.10. The third-order valence-electron chi connectivity index (χ3n) is 2.29. The van der Waals surface area contributed by atoms with Crippen molar-refractivity contribution in [3.63, 3.8) is 0 Å². The highest BCUT2D eigenvalue weighted by Crippen LogP contribution is 2.28. The number of nitrogens with one attached hydrogen (secondary N) is 1. The number of hydrogen-bond donors (Lipinski definition) is 2. The molecule has 2 N–H and O–H groups in total. The smallest absolute Gasteiger partial charge is 0.120 e. The molecule has 1 atom stereocenters. The summed E-state index contributed by atoms with van der Waals surface area (Å²) in [5.74, 6) is 0.261. The fraction of sp³-hybridized carbons (Fsp3) is 0.400. The average molecular weight is 214 g/mol. The molecule has 1 aliphatic heterocycles. The SMILES string of the molecule is Oc1ccc(Cl)cc1C1COCCN1. The van der Waals surface area contributed by atoms with E-state index in [-0.39, 0.29) is 11.8 Å². The van der Waals surface area contributed by atoms with Gasteiger partial charge >= 0.3 is 0 Å². The topological polar surface area (TPSA) is 41.5 Å². The van der Waals surface area contributed by atoms with Crippen molar-refractivity contribution >= 4 is 11.6 Å². The van der Waals surface area contributed by atoms with Crippen molar-refractivity contribution in [2.75, 3.05) is 19.8 Å². The summed E-state index contributed by atoms with van der Waals surface area (Å²) in [6, 6.07) is 5.09. The summed E-state index contributed by atoms with van der Waals surface area (Å²) < 4.78 is 5.31. The van der Waals surface area contributed by atoms with Gasteiger partial charge in [0.05, 0.1) is 19.3 Å². The van der Waals surface area contributed by atoms with E-state index in [1.807, 2.05) is 0 Å². The highest BCUT2D eigenvalue weighted by Gasteiger charge is 2.18. The Bertz CT molecular complexity index is 324. The van der Waals surface area contributed by atoms with Crippen molar-refractivity contribution in [1.29, 1.82) is 0 Å². The second-order valence-electron chi connectivity index (χ2n) is 3.28. The first-order valence-corrected chi connectivity index (χ1v) is 4.95. The van der Waals surface area contributed by atoms with Gasteiger partial charge in [0.25, 0.3) is 0 Å². The molecule has 0 aromatic heterocycles. The van der Waals surface area contributed by atoms with Crippen molar-refractivity contribution in [1.82, 2.24) is 5.32 Å². The minimum Gasteiger partial charge on any atom is -0.508 e. The van der Waals surface area contributed by atoms with Crippen LogP contribution in [0.1, 0.15) is 11.6 Å². The van der Waals surface area contributed by atoms with Crippen LogP contribution in [0.15, 0.2) is 18.2 Å². The molecule has 1 heterocycles. The highest BCUT2D eigenvalue weighted by molar-refractivity contribution is 6.30. The van der Waals surface area contributed by atoms with E-state index in [2.05, 4.69) is 5.32 Å². The van der Waals surface area contributed by atoms with Gasteiger partial charge in [-0.25, -0.2) is 0 Å². The molecule has 1 aromatic carbocycles. The molecular formula is C10H12ClNO2. The first kappa shape index (κ1) is 9.77. The van der Waals surface area contributed by atoms with Gasteiger partial charge in [-0.15, -0.1) is 0 Å². The normalized spacial score (nSPS) is 22.2. The number of phenolic OH excluding ortho intramolecular Hbond substituents is 1. The zero-order valence-electron chi connectivity index (χ0n) is 7.66. The Morgan fingerprint density at radius 1 is 1.50 bits per heavy atom. The Balaban J connectivity index is 2.24. The van der Waals surface area contributed by atoms with E-state index in [9.17, 15) is 5.11 Å². The third-order valence-corrected chi connectivity index (χ3v) is 2.52. The predicted molar refractivity (Wildman–Crippen MR) is 54.7 cm³/mol. The molecule has 2 rings (SSSR count). The van der Waals surface area contributed by atoms with Crippen molar-refractivity contribution in [2.24, 2.45) is 0 Å². The lowest BCUT2D eigenvalue weighted by Gasteiger charge is -2.24. The molecule has 1 unspecified atom stereocenters. The van der Waals surface area contributed by atoms with Crippen LogP contribution in [0.4, 0.5) is 0 Å². The van der Waals surface area contributed by atoms with Gasteiger partial charge in [0.1, 0.15) is 5.75 Å². The second-order valence-corrected chi connectivity index (χ2v) is 3.72. The van der Waals surface area contributed by atoms with Crippen LogP contribution in [-0.4, -0.2) is 24.9 Å². The largest absolute Gasteiger partial charge is 0.508 e. The number of rotatable bonds is 1. The van der Waals surface area contributed by atoms with Crippen LogP contribution in [0.2, 0.25) is 5.02 Å². The molecule has 14 heavy (non-hydrogen) atoms. The van der Waals surface area contributed by atoms with Crippen molar-refractivity contribution in [3.8, 4) is 5.75 Å². The van der Waals surface area contributed by atoms with Crippen molar-refractivity contribution in [2.45, 2.75) is 6.04 Å². The fourth-order valence-corrected chi connectivity index (χ4v) is 1.75. The fourth-order valence-electron chi connectivity index (χ4n) is 1.57. The first-order chi connectivity index (χ1) is 6.77. The quantitative estimate of drug-likeness (QED) is 0.746. The average Bonchev–Trinajstić information content (AvgIpc) is 2.23. The van der Waals surface area contributed by atoms with Gasteiger partial charge in [-0.2, -0.15) is 0 Å². The van der Waals surface area contributed by atoms with Crippen LogP contribution in [0.5, 0.6) is 5.75 Å². The van der Waals surface area contributed by atoms with Gasteiger partial charge < -0.3 is 15.2 Å². The summed E-state index contributed by atoms with van der Waals surface area (Å²) in [5, 5.41) is 13.5. The Kier molecular flexibility index (Phi) is 2.91. The van der Waals surface area contributed by atoms with Gasteiger partial charge in [0.15, 0.2) is 0 Å². The lowest BCUT2D eigenvalue weighted by atomic mass is 10.1. The molecule has 1 aliphatic rings. The molecule has 0 bridgehead atoms. The molecule has 1 saturated heterocycles. The summed E-state index contributed by atoms with van der Waals surface area (Å²) in [5.41, 5.74) is 0.803. The standard InChI is InChI=1S/C10H12ClNO2/c11-7-1-2-10(13)8(5-7)9-6-14-4-3-12-9/h1-2,5,9,12-13H,3-4,6H2. The van der Waals surface area contributed by atoms with E-state index in [1.165, 1.54) is 0 Å². The molecule has 1 fully saturated rings. The summed E-state index contributed by atoms with van der Waals surface area (Å²) in [7, 11) is 0. The van der Waals surface area contributed by atoms with Gasteiger partial charge in [0, 0.05) is 17.1 Å². The number of hydrogen-bond acceptors (Lipinski definition) is 3. The van der Waals surface area contributed by atoms with E-state index in [0.29, 0.717) is 11.6 Å². The molecule has 4 heteroatoms. The van der Waals surface area contributed by atoms with Gasteiger partial charge in [-0.1, -0.05) is 11.6 Å². The maximum absolute atomic E-state index is 9.63. The van der Waals surface area contributed by atoms with E-state index >= 15 is 0 Å². The molecule has 3 nitrogen and oxygen atoms in total. The Morgan fingerprint density at radius 3 is 3.07 bits per heavy atom. The molecule has 0 spiro atoms. The van der Waals surface area contributed by atoms with E-state index in [1.54, 1.807) is 18.2 Å². The van der Waals surface area contributed by atoms with Crippen molar-refractivity contribution < 1.29 is 9.84 Å². The van der Waals surface area contributed by atoms with E-state index < -0.39 is 0 Å². The minimum absolute atomic E-state index is 0.0439. The number of benzene rings is 1. The van der Waals surface area contributed by atoms with Gasteiger partial charge in [-0.3, -0.25) is 0 Å². The number of morpholine rings is 1. The summed E-state index contributed by atoms with van der Waals surface area (Å²) >= 11 is 5.86.